The summed E-state index contributed by atoms with van der Waals surface area (Å²) in [6.07, 6.45) is 6.48. The normalized spacial score (nSPS) is 29.2. The van der Waals surface area contributed by atoms with Crippen LogP contribution in [0.3, 0.4) is 0 Å². The van der Waals surface area contributed by atoms with E-state index in [2.05, 4.69) is 31.1 Å². The summed E-state index contributed by atoms with van der Waals surface area (Å²) in [6.45, 7) is 8.14. The number of nitrogens with zero attached hydrogens (tertiary/aromatic N) is 1. The number of rotatable bonds is 6. The maximum Gasteiger partial charge on any atom is 0.188 e. The van der Waals surface area contributed by atoms with E-state index in [-0.39, 0.29) is 0 Å². The van der Waals surface area contributed by atoms with Gasteiger partial charge in [0.2, 0.25) is 0 Å². The van der Waals surface area contributed by atoms with Gasteiger partial charge in [-0.15, -0.1) is 0 Å². The fourth-order valence-electron chi connectivity index (χ4n) is 3.31. The van der Waals surface area contributed by atoms with Crippen LogP contribution in [0.4, 0.5) is 0 Å². The maximum atomic E-state index is 5.99. The quantitative estimate of drug-likeness (QED) is 0.573. The number of guanidine groups is 1. The lowest BCUT2D eigenvalue weighted by atomic mass is 9.51. The van der Waals surface area contributed by atoms with E-state index in [1.54, 1.807) is 0 Å². The first-order valence-corrected chi connectivity index (χ1v) is 7.76. The van der Waals surface area contributed by atoms with Crippen molar-refractivity contribution in [2.45, 2.75) is 65.0 Å². The smallest absolute Gasteiger partial charge is 0.188 e. The third-order valence-corrected chi connectivity index (χ3v) is 4.75. The van der Waals surface area contributed by atoms with Gasteiger partial charge < -0.3 is 15.8 Å². The Balaban J connectivity index is 1.80. The molecular formula is C15H29N3O. The van der Waals surface area contributed by atoms with Crippen molar-refractivity contribution in [3.8, 4) is 0 Å². The van der Waals surface area contributed by atoms with Crippen molar-refractivity contribution in [3.63, 3.8) is 0 Å². The summed E-state index contributed by atoms with van der Waals surface area (Å²) in [5.41, 5.74) is 6.34. The minimum absolute atomic E-state index is 0.355. The standard InChI is InChI=1S/C15H29N3O/c1-4-19-13-10-12(15(13)7-5-8-15)18-14(16)17-9-6-11(2)3/h11-13H,4-10H2,1-3H3,(H3,16,17,18). The average molecular weight is 267 g/mol. The van der Waals surface area contributed by atoms with Crippen LogP contribution in [0.25, 0.3) is 0 Å². The second kappa shape index (κ2) is 6.12. The van der Waals surface area contributed by atoms with Crippen molar-refractivity contribution >= 4 is 5.96 Å². The van der Waals surface area contributed by atoms with Crippen LogP contribution < -0.4 is 11.1 Å². The Labute approximate surface area is 117 Å². The molecule has 0 heterocycles. The van der Waals surface area contributed by atoms with Crippen LogP contribution in [-0.2, 0) is 4.74 Å². The molecule has 0 bridgehead atoms. The Bertz CT molecular complexity index is 323. The fraction of sp³-hybridized carbons (Fsp3) is 0.933. The Hall–Kier alpha value is -0.770. The van der Waals surface area contributed by atoms with E-state index in [9.17, 15) is 0 Å². The van der Waals surface area contributed by atoms with E-state index in [0.717, 1.165) is 26.0 Å². The van der Waals surface area contributed by atoms with E-state index >= 15 is 0 Å². The molecule has 2 rings (SSSR count). The summed E-state index contributed by atoms with van der Waals surface area (Å²) in [6, 6.07) is 0.473. The van der Waals surface area contributed by atoms with E-state index in [1.165, 1.54) is 19.3 Å². The van der Waals surface area contributed by atoms with E-state index in [1.807, 2.05) is 0 Å². The van der Waals surface area contributed by atoms with Gasteiger partial charge in [0.15, 0.2) is 5.96 Å². The molecule has 3 N–H and O–H groups in total. The van der Waals surface area contributed by atoms with Crippen LogP contribution in [0.5, 0.6) is 0 Å². The molecule has 2 atom stereocenters. The molecular weight excluding hydrogens is 238 g/mol. The lowest BCUT2D eigenvalue weighted by molar-refractivity contribution is -0.168. The molecule has 1 spiro atoms. The highest BCUT2D eigenvalue weighted by atomic mass is 16.5. The predicted octanol–water partition coefficient (Wildman–Crippen LogP) is 2.28. The van der Waals surface area contributed by atoms with Crippen LogP contribution in [0.15, 0.2) is 4.99 Å². The van der Waals surface area contributed by atoms with Crippen LogP contribution in [-0.4, -0.2) is 31.3 Å². The largest absolute Gasteiger partial charge is 0.378 e. The molecule has 0 aliphatic heterocycles. The SMILES string of the molecule is CCOC1CC(NC(N)=NCCC(C)C)C12CCC2. The second-order valence-corrected chi connectivity index (χ2v) is 6.41. The molecule has 2 saturated carbocycles. The number of ether oxygens (including phenoxy) is 1. The number of nitrogens with one attached hydrogen (secondary N) is 1. The van der Waals surface area contributed by atoms with Crippen LogP contribution >= 0.6 is 0 Å². The van der Waals surface area contributed by atoms with Crippen molar-refractivity contribution in [1.82, 2.24) is 5.32 Å². The highest BCUT2D eigenvalue weighted by molar-refractivity contribution is 5.78. The molecule has 0 saturated heterocycles. The summed E-state index contributed by atoms with van der Waals surface area (Å²) in [5.74, 6) is 1.30. The monoisotopic (exact) mass is 267 g/mol. The first-order valence-electron chi connectivity index (χ1n) is 7.76. The molecule has 0 radical (unpaired) electrons. The first-order chi connectivity index (χ1) is 9.08. The summed E-state index contributed by atoms with van der Waals surface area (Å²) in [4.78, 5) is 4.42. The topological polar surface area (TPSA) is 59.6 Å². The highest BCUT2D eigenvalue weighted by Crippen LogP contribution is 2.57. The van der Waals surface area contributed by atoms with E-state index in [0.29, 0.717) is 29.4 Å². The maximum absolute atomic E-state index is 5.99. The molecule has 2 aliphatic rings. The Kier molecular flexibility index (Phi) is 4.71. The van der Waals surface area contributed by atoms with Gasteiger partial charge in [0.05, 0.1) is 6.10 Å². The van der Waals surface area contributed by atoms with Gasteiger partial charge in [-0.05, 0) is 38.5 Å². The van der Waals surface area contributed by atoms with Gasteiger partial charge in [0, 0.05) is 24.6 Å². The lowest BCUT2D eigenvalue weighted by Gasteiger charge is -2.61. The molecule has 2 unspecified atom stereocenters. The van der Waals surface area contributed by atoms with Crippen molar-refractivity contribution in [2.24, 2.45) is 22.1 Å². The van der Waals surface area contributed by atoms with Crippen molar-refractivity contribution < 1.29 is 4.74 Å². The Morgan fingerprint density at radius 1 is 1.47 bits per heavy atom. The molecule has 0 amide bonds. The molecule has 2 fully saturated rings. The van der Waals surface area contributed by atoms with Crippen LogP contribution in [0.2, 0.25) is 0 Å². The van der Waals surface area contributed by atoms with Gasteiger partial charge in [-0.25, -0.2) is 0 Å². The summed E-state index contributed by atoms with van der Waals surface area (Å²) in [7, 11) is 0. The molecule has 2 aliphatic carbocycles. The zero-order valence-electron chi connectivity index (χ0n) is 12.6. The Morgan fingerprint density at radius 2 is 2.21 bits per heavy atom. The summed E-state index contributed by atoms with van der Waals surface area (Å²) >= 11 is 0. The van der Waals surface area contributed by atoms with Crippen molar-refractivity contribution in [1.29, 1.82) is 0 Å². The van der Waals surface area contributed by atoms with Crippen molar-refractivity contribution in [2.75, 3.05) is 13.2 Å². The van der Waals surface area contributed by atoms with Gasteiger partial charge in [-0.2, -0.15) is 0 Å². The minimum atomic E-state index is 0.355. The van der Waals surface area contributed by atoms with Crippen LogP contribution in [0, 0.1) is 11.3 Å². The van der Waals surface area contributed by atoms with Gasteiger partial charge >= 0.3 is 0 Å². The first kappa shape index (κ1) is 14.6. The lowest BCUT2D eigenvalue weighted by Crippen LogP contribution is -2.68. The highest BCUT2D eigenvalue weighted by Gasteiger charge is 2.59. The molecule has 4 nitrogen and oxygen atoms in total. The number of aliphatic imine (C=N–C) groups is 1. The second-order valence-electron chi connectivity index (χ2n) is 6.41. The zero-order valence-corrected chi connectivity index (χ0v) is 12.6. The van der Waals surface area contributed by atoms with Crippen LogP contribution in [0.1, 0.15) is 52.9 Å². The molecule has 110 valence electrons. The molecule has 0 aromatic heterocycles. The summed E-state index contributed by atoms with van der Waals surface area (Å²) in [5, 5.41) is 3.42. The molecule has 4 heteroatoms. The average Bonchev–Trinajstić information content (AvgIpc) is 2.24. The zero-order chi connectivity index (χ0) is 13.9. The third-order valence-electron chi connectivity index (χ3n) is 4.75. The van der Waals surface area contributed by atoms with E-state index < -0.39 is 0 Å². The minimum Gasteiger partial charge on any atom is -0.378 e. The third kappa shape index (κ3) is 3.04. The summed E-state index contributed by atoms with van der Waals surface area (Å²) < 4.78 is 5.84. The van der Waals surface area contributed by atoms with Crippen molar-refractivity contribution in [3.05, 3.63) is 0 Å². The number of hydrogen-bond donors (Lipinski definition) is 2. The predicted molar refractivity (Wildman–Crippen MR) is 79.2 cm³/mol. The fourth-order valence-corrected chi connectivity index (χ4v) is 3.31. The van der Waals surface area contributed by atoms with Gasteiger partial charge in [0.1, 0.15) is 0 Å². The van der Waals surface area contributed by atoms with Gasteiger partial charge in [-0.3, -0.25) is 4.99 Å². The van der Waals surface area contributed by atoms with E-state index in [4.69, 9.17) is 10.5 Å². The molecule has 0 aromatic rings. The number of nitrogens with two attached hydrogens (primary N) is 1. The molecule has 19 heavy (non-hydrogen) atoms. The van der Waals surface area contributed by atoms with Gasteiger partial charge in [-0.1, -0.05) is 20.3 Å². The van der Waals surface area contributed by atoms with Gasteiger partial charge in [0.25, 0.3) is 0 Å². The Morgan fingerprint density at radius 3 is 2.74 bits per heavy atom. The number of hydrogen-bond acceptors (Lipinski definition) is 2. The molecule has 0 aromatic carbocycles.